The quantitative estimate of drug-likeness (QED) is 0.471. The zero-order valence-corrected chi connectivity index (χ0v) is 15.2. The topological polar surface area (TPSA) is 30.7 Å². The Morgan fingerprint density at radius 1 is 0.815 bits per heavy atom. The van der Waals surface area contributed by atoms with Crippen molar-refractivity contribution < 1.29 is 0 Å². The summed E-state index contributed by atoms with van der Waals surface area (Å²) in [7, 11) is 0. The van der Waals surface area contributed by atoms with Gasteiger partial charge in [0, 0.05) is 5.56 Å². The van der Waals surface area contributed by atoms with Crippen LogP contribution in [0.1, 0.15) is 22.7 Å². The average Bonchev–Trinajstić information content (AvgIpc) is 3.21. The number of aromatic nitrogens is 3. The Labute approximate surface area is 159 Å². The van der Waals surface area contributed by atoms with Gasteiger partial charge in [-0.1, -0.05) is 108 Å². The molecule has 132 valence electrons. The van der Waals surface area contributed by atoms with E-state index in [0.29, 0.717) is 0 Å². The van der Waals surface area contributed by atoms with E-state index in [1.807, 2.05) is 47.3 Å². The minimum absolute atomic E-state index is 0.0178. The van der Waals surface area contributed by atoms with E-state index in [-0.39, 0.29) is 6.04 Å². The molecule has 0 saturated heterocycles. The highest BCUT2D eigenvalue weighted by atomic mass is 15.4. The van der Waals surface area contributed by atoms with Crippen LogP contribution in [0.5, 0.6) is 0 Å². The molecule has 0 aliphatic carbocycles. The summed E-state index contributed by atoms with van der Waals surface area (Å²) < 4.78 is 1.92. The van der Waals surface area contributed by atoms with E-state index >= 15 is 0 Å². The highest BCUT2D eigenvalue weighted by Gasteiger charge is 2.13. The van der Waals surface area contributed by atoms with E-state index in [2.05, 4.69) is 77.9 Å². The summed E-state index contributed by atoms with van der Waals surface area (Å²) in [6.45, 7) is 2.10. The predicted molar refractivity (Wildman–Crippen MR) is 110 cm³/mol. The minimum atomic E-state index is -0.0178. The average molecular weight is 351 g/mol. The summed E-state index contributed by atoms with van der Waals surface area (Å²) >= 11 is 0. The Kier molecular flexibility index (Phi) is 4.93. The third kappa shape index (κ3) is 4.04. The maximum atomic E-state index is 4.42. The highest BCUT2D eigenvalue weighted by Crippen LogP contribution is 2.23. The number of rotatable bonds is 5. The van der Waals surface area contributed by atoms with E-state index in [9.17, 15) is 0 Å². The van der Waals surface area contributed by atoms with E-state index in [0.717, 1.165) is 16.8 Å². The molecule has 0 spiro atoms. The summed E-state index contributed by atoms with van der Waals surface area (Å²) in [6, 6.07) is 29.0. The lowest BCUT2D eigenvalue weighted by Crippen LogP contribution is -2.09. The molecular weight excluding hydrogens is 330 g/mol. The van der Waals surface area contributed by atoms with Crippen molar-refractivity contribution in [2.45, 2.75) is 13.0 Å². The zero-order valence-electron chi connectivity index (χ0n) is 15.2. The number of allylic oxidation sites excluding steroid dienone is 1. The van der Waals surface area contributed by atoms with Crippen LogP contribution in [0.25, 0.3) is 17.3 Å². The molecule has 4 aromatic rings. The summed E-state index contributed by atoms with van der Waals surface area (Å²) in [5.41, 5.74) is 5.53. The maximum absolute atomic E-state index is 4.42. The van der Waals surface area contributed by atoms with E-state index in [1.54, 1.807) is 0 Å². The first kappa shape index (κ1) is 17.0. The second kappa shape index (κ2) is 7.83. The molecular formula is C24H21N3. The molecule has 0 saturated carbocycles. The van der Waals surface area contributed by atoms with Crippen LogP contribution in [0, 0.1) is 6.92 Å². The maximum Gasteiger partial charge on any atom is 0.113 e. The van der Waals surface area contributed by atoms with Crippen LogP contribution in [0.4, 0.5) is 0 Å². The molecule has 27 heavy (non-hydrogen) atoms. The van der Waals surface area contributed by atoms with E-state index in [1.165, 1.54) is 11.1 Å². The molecule has 1 unspecified atom stereocenters. The predicted octanol–water partition coefficient (Wildman–Crippen LogP) is 5.56. The van der Waals surface area contributed by atoms with Crippen LogP contribution in [-0.4, -0.2) is 15.0 Å². The molecule has 0 aliphatic heterocycles. The third-order valence-corrected chi connectivity index (χ3v) is 4.55. The van der Waals surface area contributed by atoms with Crippen molar-refractivity contribution in [2.24, 2.45) is 0 Å². The summed E-state index contributed by atoms with van der Waals surface area (Å²) in [6.07, 6.45) is 6.31. The molecule has 0 aliphatic rings. The van der Waals surface area contributed by atoms with Gasteiger partial charge in [-0.15, -0.1) is 5.10 Å². The number of nitrogens with zero attached hydrogens (tertiary/aromatic N) is 3. The normalized spacial score (nSPS) is 12.3. The minimum Gasteiger partial charge on any atom is -0.241 e. The Bertz CT molecular complexity index is 1020. The number of benzene rings is 3. The van der Waals surface area contributed by atoms with Crippen molar-refractivity contribution in [3.63, 3.8) is 0 Å². The van der Waals surface area contributed by atoms with Crippen LogP contribution in [0.2, 0.25) is 0 Å². The van der Waals surface area contributed by atoms with Crippen LogP contribution in [-0.2, 0) is 0 Å². The third-order valence-electron chi connectivity index (χ3n) is 4.55. The van der Waals surface area contributed by atoms with Gasteiger partial charge in [-0.3, -0.25) is 0 Å². The second-order valence-electron chi connectivity index (χ2n) is 6.58. The molecule has 1 atom stereocenters. The lowest BCUT2D eigenvalue weighted by atomic mass is 10.0. The Morgan fingerprint density at radius 3 is 2.19 bits per heavy atom. The molecule has 3 heteroatoms. The van der Waals surface area contributed by atoms with Crippen LogP contribution >= 0.6 is 0 Å². The lowest BCUT2D eigenvalue weighted by Gasteiger charge is -2.14. The van der Waals surface area contributed by atoms with Gasteiger partial charge in [-0.25, -0.2) is 4.68 Å². The van der Waals surface area contributed by atoms with Crippen molar-refractivity contribution in [1.29, 1.82) is 0 Å². The fourth-order valence-corrected chi connectivity index (χ4v) is 3.04. The van der Waals surface area contributed by atoms with Crippen LogP contribution in [0.3, 0.4) is 0 Å². The van der Waals surface area contributed by atoms with Gasteiger partial charge in [-0.2, -0.15) is 0 Å². The summed E-state index contributed by atoms with van der Waals surface area (Å²) in [4.78, 5) is 0. The SMILES string of the molecule is Cc1ccc(C(/C=C/c2ccccc2)n2cc(-c3ccccc3)nn2)cc1. The zero-order chi connectivity index (χ0) is 18.5. The van der Waals surface area contributed by atoms with Crippen molar-refractivity contribution in [3.8, 4) is 11.3 Å². The van der Waals surface area contributed by atoms with Crippen molar-refractivity contribution >= 4 is 6.08 Å². The van der Waals surface area contributed by atoms with Gasteiger partial charge in [0.1, 0.15) is 5.69 Å². The fraction of sp³-hybridized carbons (Fsp3) is 0.0833. The van der Waals surface area contributed by atoms with Gasteiger partial charge in [0.15, 0.2) is 0 Å². The molecule has 1 heterocycles. The van der Waals surface area contributed by atoms with Gasteiger partial charge >= 0.3 is 0 Å². The van der Waals surface area contributed by atoms with Crippen molar-refractivity contribution in [1.82, 2.24) is 15.0 Å². The standard InChI is InChI=1S/C24H21N3/c1-19-12-15-22(16-13-19)24(17-14-20-8-4-2-5-9-20)27-18-23(25-26-27)21-10-6-3-7-11-21/h2-18,24H,1H3/b17-14+. The first-order valence-electron chi connectivity index (χ1n) is 9.07. The fourth-order valence-electron chi connectivity index (χ4n) is 3.04. The molecule has 3 nitrogen and oxygen atoms in total. The Hall–Kier alpha value is -3.46. The number of hydrogen-bond acceptors (Lipinski definition) is 2. The Balaban J connectivity index is 1.71. The molecule has 0 radical (unpaired) electrons. The first-order chi connectivity index (χ1) is 13.3. The second-order valence-corrected chi connectivity index (χ2v) is 6.58. The molecule has 0 amide bonds. The Morgan fingerprint density at radius 2 is 1.48 bits per heavy atom. The summed E-state index contributed by atoms with van der Waals surface area (Å²) in [5.74, 6) is 0. The number of aryl methyl sites for hydroxylation is 1. The highest BCUT2D eigenvalue weighted by molar-refractivity contribution is 5.57. The largest absolute Gasteiger partial charge is 0.241 e. The molecule has 3 aromatic carbocycles. The van der Waals surface area contributed by atoms with Crippen molar-refractivity contribution in [3.05, 3.63) is 114 Å². The smallest absolute Gasteiger partial charge is 0.113 e. The molecule has 1 aromatic heterocycles. The van der Waals surface area contributed by atoms with Gasteiger partial charge < -0.3 is 0 Å². The first-order valence-corrected chi connectivity index (χ1v) is 9.07. The van der Waals surface area contributed by atoms with Gasteiger partial charge in [0.25, 0.3) is 0 Å². The summed E-state index contributed by atoms with van der Waals surface area (Å²) in [5, 5.41) is 8.80. The van der Waals surface area contributed by atoms with E-state index < -0.39 is 0 Å². The molecule has 4 rings (SSSR count). The van der Waals surface area contributed by atoms with Crippen LogP contribution in [0.15, 0.2) is 97.2 Å². The molecule has 0 fully saturated rings. The monoisotopic (exact) mass is 351 g/mol. The van der Waals surface area contributed by atoms with Crippen molar-refractivity contribution in [2.75, 3.05) is 0 Å². The van der Waals surface area contributed by atoms with Crippen LogP contribution < -0.4 is 0 Å². The van der Waals surface area contributed by atoms with E-state index in [4.69, 9.17) is 0 Å². The van der Waals surface area contributed by atoms with Gasteiger partial charge in [-0.05, 0) is 18.1 Å². The van der Waals surface area contributed by atoms with Gasteiger partial charge in [0.05, 0.1) is 12.2 Å². The number of hydrogen-bond donors (Lipinski definition) is 0. The molecule has 0 bridgehead atoms. The van der Waals surface area contributed by atoms with Gasteiger partial charge in [0.2, 0.25) is 0 Å². The molecule has 0 N–H and O–H groups in total. The lowest BCUT2D eigenvalue weighted by molar-refractivity contribution is 0.586.